The van der Waals surface area contributed by atoms with E-state index in [0.29, 0.717) is 10.8 Å². The summed E-state index contributed by atoms with van der Waals surface area (Å²) >= 11 is 0. The van der Waals surface area contributed by atoms with Gasteiger partial charge in [0.2, 0.25) is 5.78 Å². The molecule has 0 spiro atoms. The molecule has 0 unspecified atom stereocenters. The number of phenolic OH excluding ortho intramolecular Hbond substituents is 2. The highest BCUT2D eigenvalue weighted by atomic mass is 16.3. The molecule has 152 valence electrons. The molecule has 4 aromatic carbocycles. The highest BCUT2D eigenvalue weighted by molar-refractivity contribution is 6.18. The van der Waals surface area contributed by atoms with E-state index in [-0.39, 0.29) is 40.2 Å². The van der Waals surface area contributed by atoms with E-state index in [2.05, 4.69) is 0 Å². The maximum absolute atomic E-state index is 13.9. The van der Waals surface area contributed by atoms with Gasteiger partial charge in [-0.3, -0.25) is 4.79 Å². The Morgan fingerprint density at radius 2 is 1.03 bits per heavy atom. The lowest BCUT2D eigenvalue weighted by molar-refractivity contribution is 0.103. The van der Waals surface area contributed by atoms with Crippen molar-refractivity contribution >= 4 is 27.3 Å². The van der Waals surface area contributed by atoms with Gasteiger partial charge in [0.1, 0.15) is 11.5 Å². The average Bonchev–Trinajstić information content (AvgIpc) is 2.73. The molecule has 4 rings (SSSR count). The minimum Gasteiger partial charge on any atom is -0.507 e. The van der Waals surface area contributed by atoms with Crippen molar-refractivity contribution in [2.24, 2.45) is 0 Å². The lowest BCUT2D eigenvalue weighted by Crippen LogP contribution is -2.11. The third-order valence-corrected chi connectivity index (χ3v) is 5.80. The maximum atomic E-state index is 13.9. The van der Waals surface area contributed by atoms with Gasteiger partial charge < -0.3 is 10.2 Å². The summed E-state index contributed by atoms with van der Waals surface area (Å²) in [7, 11) is 0. The highest BCUT2D eigenvalue weighted by Crippen LogP contribution is 2.41. The molecule has 3 nitrogen and oxygen atoms in total. The largest absolute Gasteiger partial charge is 0.507 e. The van der Waals surface area contributed by atoms with E-state index in [1.807, 2.05) is 88.4 Å². The zero-order chi connectivity index (χ0) is 21.6. The molecule has 0 saturated heterocycles. The fraction of sp³-hybridized carbons (Fsp3) is 0.222. The quantitative estimate of drug-likeness (QED) is 0.368. The average molecular weight is 399 g/mol. The lowest BCUT2D eigenvalue weighted by atomic mass is 9.84. The molecule has 0 bridgehead atoms. The molecule has 0 amide bonds. The van der Waals surface area contributed by atoms with Crippen molar-refractivity contribution in [3.05, 3.63) is 82.9 Å². The Morgan fingerprint density at radius 1 is 0.667 bits per heavy atom. The first kappa shape index (κ1) is 20.0. The van der Waals surface area contributed by atoms with Gasteiger partial charge in [0.05, 0.1) is 11.1 Å². The fourth-order valence-electron chi connectivity index (χ4n) is 4.21. The van der Waals surface area contributed by atoms with E-state index in [1.165, 1.54) is 0 Å². The van der Waals surface area contributed by atoms with Gasteiger partial charge in [0.15, 0.2) is 0 Å². The Labute approximate surface area is 176 Å². The fourth-order valence-corrected chi connectivity index (χ4v) is 4.21. The molecule has 0 saturated carbocycles. The SMILES string of the molecule is CC(C)c1cc2ccccc2c(O)c1C(=O)c1c(C(C)C)cc2ccccc2c1O. The molecule has 0 heterocycles. The smallest absolute Gasteiger partial charge is 0.201 e. The number of phenols is 2. The standard InChI is InChI=1S/C27H26O3/c1-15(2)21-13-17-9-5-7-11-19(17)25(28)23(21)27(30)24-22(16(3)4)14-18-10-6-8-12-20(18)26(24)29/h5-16,28-29H,1-4H3. The van der Waals surface area contributed by atoms with E-state index in [1.54, 1.807) is 0 Å². The van der Waals surface area contributed by atoms with Crippen LogP contribution in [0.3, 0.4) is 0 Å². The predicted molar refractivity (Wildman–Crippen MR) is 123 cm³/mol. The van der Waals surface area contributed by atoms with Crippen LogP contribution in [-0.4, -0.2) is 16.0 Å². The molecule has 0 aromatic heterocycles. The molecule has 0 fully saturated rings. The van der Waals surface area contributed by atoms with Crippen LogP contribution in [0.2, 0.25) is 0 Å². The summed E-state index contributed by atoms with van der Waals surface area (Å²) in [6.07, 6.45) is 0. The number of rotatable bonds is 4. The molecular weight excluding hydrogens is 372 g/mol. The summed E-state index contributed by atoms with van der Waals surface area (Å²) in [6.45, 7) is 8.02. The van der Waals surface area contributed by atoms with Crippen molar-refractivity contribution in [2.45, 2.75) is 39.5 Å². The molecule has 0 aliphatic heterocycles. The number of carbonyl (C=O) groups excluding carboxylic acids is 1. The molecule has 2 N–H and O–H groups in total. The lowest BCUT2D eigenvalue weighted by Gasteiger charge is -2.20. The van der Waals surface area contributed by atoms with Gasteiger partial charge in [0, 0.05) is 10.8 Å². The van der Waals surface area contributed by atoms with Crippen LogP contribution >= 0.6 is 0 Å². The van der Waals surface area contributed by atoms with Gasteiger partial charge >= 0.3 is 0 Å². The van der Waals surface area contributed by atoms with Crippen LogP contribution in [-0.2, 0) is 0 Å². The molecule has 3 heteroatoms. The highest BCUT2D eigenvalue weighted by Gasteiger charge is 2.28. The van der Waals surface area contributed by atoms with E-state index in [4.69, 9.17) is 0 Å². The van der Waals surface area contributed by atoms with Crippen LogP contribution in [0.4, 0.5) is 0 Å². The van der Waals surface area contributed by atoms with Gasteiger partial charge in [-0.2, -0.15) is 0 Å². The second-order valence-corrected chi connectivity index (χ2v) is 8.46. The summed E-state index contributed by atoms with van der Waals surface area (Å²) in [4.78, 5) is 13.9. The molecular formula is C27H26O3. The minimum atomic E-state index is -0.339. The van der Waals surface area contributed by atoms with Crippen molar-refractivity contribution in [3.63, 3.8) is 0 Å². The Kier molecular flexibility index (Phi) is 4.98. The molecule has 30 heavy (non-hydrogen) atoms. The van der Waals surface area contributed by atoms with Crippen molar-refractivity contribution in [1.82, 2.24) is 0 Å². The normalized spacial score (nSPS) is 11.7. The van der Waals surface area contributed by atoms with Crippen molar-refractivity contribution in [1.29, 1.82) is 0 Å². The first-order chi connectivity index (χ1) is 14.3. The maximum Gasteiger partial charge on any atom is 0.201 e. The summed E-state index contributed by atoms with van der Waals surface area (Å²) in [5.41, 5.74) is 2.10. The van der Waals surface area contributed by atoms with Crippen molar-refractivity contribution in [3.8, 4) is 11.5 Å². The van der Waals surface area contributed by atoms with Crippen molar-refractivity contribution < 1.29 is 15.0 Å². The number of ketones is 1. The van der Waals surface area contributed by atoms with Crippen LogP contribution in [0, 0.1) is 0 Å². The third kappa shape index (κ3) is 3.11. The molecule has 0 aliphatic rings. The molecule has 0 atom stereocenters. The van der Waals surface area contributed by atoms with Crippen molar-refractivity contribution in [2.75, 3.05) is 0 Å². The summed E-state index contributed by atoms with van der Waals surface area (Å²) in [5, 5.41) is 25.3. The topological polar surface area (TPSA) is 57.5 Å². The number of aromatic hydroxyl groups is 2. The Morgan fingerprint density at radius 3 is 1.40 bits per heavy atom. The van der Waals surface area contributed by atoms with Gasteiger partial charge in [0.25, 0.3) is 0 Å². The van der Waals surface area contributed by atoms with Gasteiger partial charge in [-0.15, -0.1) is 0 Å². The summed E-state index contributed by atoms with van der Waals surface area (Å²) in [6, 6.07) is 19.0. The minimum absolute atomic E-state index is 0.0240. The number of hydrogen-bond acceptors (Lipinski definition) is 3. The van der Waals surface area contributed by atoms with Crippen LogP contribution in [0.5, 0.6) is 11.5 Å². The third-order valence-electron chi connectivity index (χ3n) is 5.80. The van der Waals surface area contributed by atoms with Gasteiger partial charge in [-0.25, -0.2) is 0 Å². The van der Waals surface area contributed by atoms with E-state index < -0.39 is 0 Å². The van der Waals surface area contributed by atoms with E-state index >= 15 is 0 Å². The van der Waals surface area contributed by atoms with Crippen LogP contribution < -0.4 is 0 Å². The first-order valence-corrected chi connectivity index (χ1v) is 10.3. The monoisotopic (exact) mass is 398 g/mol. The number of carbonyl (C=O) groups is 1. The summed E-state index contributed by atoms with van der Waals surface area (Å²) in [5.74, 6) is -0.323. The number of fused-ring (bicyclic) bond motifs is 2. The first-order valence-electron chi connectivity index (χ1n) is 10.3. The second kappa shape index (κ2) is 7.49. The Hall–Kier alpha value is -3.33. The Bertz CT molecular complexity index is 1180. The zero-order valence-electron chi connectivity index (χ0n) is 17.7. The molecule has 0 aliphatic carbocycles. The zero-order valence-corrected chi connectivity index (χ0v) is 17.7. The van der Waals surface area contributed by atoms with E-state index in [9.17, 15) is 15.0 Å². The molecule has 4 aromatic rings. The van der Waals surface area contributed by atoms with Gasteiger partial charge in [-0.05, 0) is 45.9 Å². The number of hydrogen-bond donors (Lipinski definition) is 2. The van der Waals surface area contributed by atoms with Gasteiger partial charge in [-0.1, -0.05) is 76.2 Å². The number of benzene rings is 4. The van der Waals surface area contributed by atoms with E-state index in [0.717, 1.165) is 21.9 Å². The summed E-state index contributed by atoms with van der Waals surface area (Å²) < 4.78 is 0. The Balaban J connectivity index is 2.07. The van der Waals surface area contributed by atoms with Crippen LogP contribution in [0.25, 0.3) is 21.5 Å². The van der Waals surface area contributed by atoms with Crippen LogP contribution in [0.15, 0.2) is 60.7 Å². The molecule has 0 radical (unpaired) electrons. The second-order valence-electron chi connectivity index (χ2n) is 8.46. The predicted octanol–water partition coefficient (Wildman–Crippen LogP) is 6.88. The van der Waals surface area contributed by atoms with Crippen LogP contribution in [0.1, 0.15) is 66.6 Å².